The van der Waals surface area contributed by atoms with E-state index in [0.29, 0.717) is 30.2 Å². The monoisotopic (exact) mass is 498 g/mol. The van der Waals surface area contributed by atoms with Crippen molar-refractivity contribution in [2.75, 3.05) is 40.4 Å². The molecule has 2 unspecified atom stereocenters. The summed E-state index contributed by atoms with van der Waals surface area (Å²) in [6, 6.07) is 18.4. The van der Waals surface area contributed by atoms with Gasteiger partial charge in [-0.25, -0.2) is 9.19 Å². The second-order valence-corrected chi connectivity index (χ2v) is 9.51. The van der Waals surface area contributed by atoms with Gasteiger partial charge in [-0.1, -0.05) is 30.3 Å². The molecule has 0 aliphatic carbocycles. The number of benzene rings is 2. The van der Waals surface area contributed by atoms with Crippen LogP contribution in [-0.4, -0.2) is 76.5 Å². The zero-order valence-electron chi connectivity index (χ0n) is 19.8. The molecule has 3 aromatic rings. The molecule has 186 valence electrons. The summed E-state index contributed by atoms with van der Waals surface area (Å²) in [5.74, 6) is 0.170. The van der Waals surface area contributed by atoms with Crippen LogP contribution >= 0.6 is 0 Å². The van der Waals surface area contributed by atoms with E-state index in [-0.39, 0.29) is 24.7 Å². The van der Waals surface area contributed by atoms with Gasteiger partial charge < -0.3 is 14.7 Å². The average molecular weight is 499 g/mol. The summed E-state index contributed by atoms with van der Waals surface area (Å²) in [6.07, 6.45) is 0.429. The predicted molar refractivity (Wildman–Crippen MR) is 135 cm³/mol. The maximum atomic E-state index is 13.1. The molecule has 1 fully saturated rings. The van der Waals surface area contributed by atoms with Crippen LogP contribution in [0.1, 0.15) is 18.0 Å². The minimum atomic E-state index is -2.09. The molecular formula is C25H30N4O5S. The van der Waals surface area contributed by atoms with Crippen LogP contribution in [0.25, 0.3) is 10.9 Å². The van der Waals surface area contributed by atoms with Gasteiger partial charge in [0.1, 0.15) is 0 Å². The Morgan fingerprint density at radius 2 is 2.06 bits per heavy atom. The number of pyridine rings is 1. The number of nitrogens with zero attached hydrogens (tertiary/aromatic N) is 4. The van der Waals surface area contributed by atoms with Crippen molar-refractivity contribution in [3.05, 3.63) is 66.2 Å². The summed E-state index contributed by atoms with van der Waals surface area (Å²) >= 11 is 0. The molecule has 0 bridgehead atoms. The molecule has 1 aliphatic heterocycles. The lowest BCUT2D eigenvalue weighted by Gasteiger charge is -2.32. The van der Waals surface area contributed by atoms with Crippen LogP contribution in [0.3, 0.4) is 0 Å². The Morgan fingerprint density at radius 1 is 1.26 bits per heavy atom. The minimum Gasteiger partial charge on any atom is -0.468 e. The number of likely N-dealkylation sites (tertiary alicyclic amines) is 1. The number of carbonyl (C=O) groups excluding carboxylic acids is 1. The van der Waals surface area contributed by atoms with Gasteiger partial charge in [-0.3, -0.25) is 13.9 Å². The molecule has 3 atom stereocenters. The first-order chi connectivity index (χ1) is 16.9. The second kappa shape index (κ2) is 11.6. The van der Waals surface area contributed by atoms with E-state index in [1.807, 2.05) is 36.4 Å². The number of likely N-dealkylation sites (N-methyl/N-ethyl adjacent to an activating group) is 1. The molecule has 1 N–H and O–H groups in total. The Labute approximate surface area is 206 Å². The van der Waals surface area contributed by atoms with Gasteiger partial charge in [0, 0.05) is 38.1 Å². The maximum Gasteiger partial charge on any atom is 0.260 e. The summed E-state index contributed by atoms with van der Waals surface area (Å²) in [4.78, 5) is 21.4. The van der Waals surface area contributed by atoms with Crippen molar-refractivity contribution in [1.82, 2.24) is 14.8 Å². The van der Waals surface area contributed by atoms with Gasteiger partial charge >= 0.3 is 0 Å². The first-order valence-electron chi connectivity index (χ1n) is 11.4. The quantitative estimate of drug-likeness (QED) is 0.437. The topological polar surface area (TPSA) is 105 Å². The van der Waals surface area contributed by atoms with Crippen LogP contribution in [0.2, 0.25) is 0 Å². The number of hydrogen-bond acceptors (Lipinski definition) is 8. The summed E-state index contributed by atoms with van der Waals surface area (Å²) in [7, 11) is 1.02. The Kier molecular flexibility index (Phi) is 8.29. The molecule has 35 heavy (non-hydrogen) atoms. The van der Waals surface area contributed by atoms with Gasteiger partial charge in [-0.15, -0.1) is 0 Å². The van der Waals surface area contributed by atoms with Gasteiger partial charge in [-0.05, 0) is 36.2 Å². The number of aliphatic hydroxyl groups is 1. The number of carbonyl (C=O) groups is 1. The fourth-order valence-corrected chi connectivity index (χ4v) is 4.53. The molecule has 2 heterocycles. The van der Waals surface area contributed by atoms with Crippen LogP contribution in [0, 0.1) is 0 Å². The highest BCUT2D eigenvalue weighted by atomic mass is 32.2. The zero-order chi connectivity index (χ0) is 24.8. The fourth-order valence-electron chi connectivity index (χ4n) is 4.13. The molecule has 4 rings (SSSR count). The highest BCUT2D eigenvalue weighted by Gasteiger charge is 2.28. The van der Waals surface area contributed by atoms with Crippen molar-refractivity contribution in [3.63, 3.8) is 0 Å². The average Bonchev–Trinajstić information content (AvgIpc) is 3.30. The van der Waals surface area contributed by atoms with Crippen molar-refractivity contribution in [3.8, 4) is 5.88 Å². The first kappa shape index (κ1) is 25.1. The predicted octanol–water partition coefficient (Wildman–Crippen LogP) is 2.74. The number of aromatic nitrogens is 1. The first-order valence-corrected chi connectivity index (χ1v) is 12.5. The number of aliphatic hydroxyl groups excluding tert-OH is 1. The molecule has 2 aromatic carbocycles. The largest absolute Gasteiger partial charge is 0.468 e. The Balaban J connectivity index is 1.43. The lowest BCUT2D eigenvalue weighted by atomic mass is 10.0. The summed E-state index contributed by atoms with van der Waals surface area (Å²) in [5.41, 5.74) is 2.24. The van der Waals surface area contributed by atoms with E-state index in [4.69, 9.17) is 8.92 Å². The van der Waals surface area contributed by atoms with Crippen molar-refractivity contribution >= 4 is 33.4 Å². The van der Waals surface area contributed by atoms with Crippen LogP contribution in [0.5, 0.6) is 5.88 Å². The number of β-amino-alcohol motifs (C(OH)–C–C–N with tert-alkyl or cyclic N) is 1. The lowest BCUT2D eigenvalue weighted by molar-refractivity contribution is -0.134. The molecule has 0 saturated carbocycles. The third kappa shape index (κ3) is 6.55. The number of thiol groups is 1. The molecule has 1 aromatic heterocycles. The van der Waals surface area contributed by atoms with Gasteiger partial charge in [0.15, 0.2) is 17.5 Å². The highest BCUT2D eigenvalue weighted by Crippen LogP contribution is 2.25. The van der Waals surface area contributed by atoms with E-state index in [2.05, 4.69) is 14.2 Å². The minimum absolute atomic E-state index is 0.150. The van der Waals surface area contributed by atoms with Crippen molar-refractivity contribution in [1.29, 1.82) is 0 Å². The SMILES string of the molecule is CO[SH](=O)=Nc1ccc2nc(OCC(=O)N(C)C(CN3CC[C@H](O)C3)c3ccccc3)ccc2c1. The molecule has 0 spiro atoms. The lowest BCUT2D eigenvalue weighted by Crippen LogP contribution is -2.40. The smallest absolute Gasteiger partial charge is 0.260 e. The van der Waals surface area contributed by atoms with Gasteiger partial charge in [0.25, 0.3) is 5.91 Å². The van der Waals surface area contributed by atoms with E-state index in [0.717, 1.165) is 23.9 Å². The van der Waals surface area contributed by atoms with E-state index in [9.17, 15) is 14.1 Å². The third-order valence-electron chi connectivity index (χ3n) is 6.07. The van der Waals surface area contributed by atoms with Crippen molar-refractivity contribution in [2.45, 2.75) is 18.6 Å². The van der Waals surface area contributed by atoms with Gasteiger partial charge in [-0.2, -0.15) is 4.36 Å². The van der Waals surface area contributed by atoms with Crippen LogP contribution in [0.15, 0.2) is 65.0 Å². The number of amides is 1. The fraction of sp³-hybridized carbons (Fsp3) is 0.360. The number of ether oxygens (including phenoxy) is 1. The van der Waals surface area contributed by atoms with Gasteiger partial charge in [0.05, 0.1) is 30.5 Å². The highest BCUT2D eigenvalue weighted by molar-refractivity contribution is 7.69. The summed E-state index contributed by atoms with van der Waals surface area (Å²) < 4.78 is 25.9. The second-order valence-electron chi connectivity index (χ2n) is 8.47. The van der Waals surface area contributed by atoms with Crippen LogP contribution in [-0.2, 0) is 19.9 Å². The maximum absolute atomic E-state index is 13.1. The zero-order valence-corrected chi connectivity index (χ0v) is 20.7. The Hall–Kier alpha value is -3.05. The molecule has 1 aliphatic rings. The molecule has 1 amide bonds. The van der Waals surface area contributed by atoms with E-state index < -0.39 is 10.9 Å². The van der Waals surface area contributed by atoms with Crippen LogP contribution in [0.4, 0.5) is 5.69 Å². The molecule has 9 nitrogen and oxygen atoms in total. The Bertz CT molecular complexity index is 1250. The van der Waals surface area contributed by atoms with Crippen molar-refractivity contribution in [2.24, 2.45) is 4.36 Å². The van der Waals surface area contributed by atoms with Crippen LogP contribution < -0.4 is 4.74 Å². The summed E-state index contributed by atoms with van der Waals surface area (Å²) in [6.45, 7) is 1.91. The van der Waals surface area contributed by atoms with E-state index >= 15 is 0 Å². The van der Waals surface area contributed by atoms with Crippen molar-refractivity contribution < 1.29 is 23.0 Å². The number of hydrogen-bond donors (Lipinski definition) is 2. The molecule has 1 saturated heterocycles. The number of fused-ring (bicyclic) bond motifs is 1. The Morgan fingerprint density at radius 3 is 2.77 bits per heavy atom. The third-order valence-corrected chi connectivity index (χ3v) is 6.77. The molecule has 10 heteroatoms. The molecule has 0 radical (unpaired) electrons. The van der Waals surface area contributed by atoms with Gasteiger partial charge in [0.2, 0.25) is 5.88 Å². The number of rotatable bonds is 9. The van der Waals surface area contributed by atoms with E-state index in [1.165, 1.54) is 7.11 Å². The molecular weight excluding hydrogens is 468 g/mol. The summed E-state index contributed by atoms with van der Waals surface area (Å²) in [5, 5.41) is 10.7. The standard InChI is InChI=1S/C25H30N4O5S/c1-28(23(18-6-4-3-5-7-18)16-29-13-12-21(30)15-29)25(31)17-34-24-11-8-19-14-20(27-35(32)33-2)9-10-22(19)26-24/h3-11,14,21,23,30,35H,12-13,15-17H2,1-2H3/t21-,23?/m0/s1. The normalized spacial score (nSPS) is 18.0. The van der Waals surface area contributed by atoms with E-state index in [1.54, 1.807) is 36.2 Å².